The van der Waals surface area contributed by atoms with Crippen LogP contribution >= 0.6 is 0 Å². The van der Waals surface area contributed by atoms with Crippen molar-refractivity contribution in [3.8, 4) is 0 Å². The summed E-state index contributed by atoms with van der Waals surface area (Å²) < 4.78 is 0. The second-order valence-electron chi connectivity index (χ2n) is 3.55. The van der Waals surface area contributed by atoms with Crippen LogP contribution in [0.5, 0.6) is 0 Å². The third-order valence-corrected chi connectivity index (χ3v) is 2.28. The Labute approximate surface area is 91.9 Å². The molecule has 88 valence electrons. The molecule has 1 rings (SSSR count). The topological polar surface area (TPSA) is 3.24 Å². The summed E-state index contributed by atoms with van der Waals surface area (Å²) in [6.45, 7) is 16.6. The highest BCUT2D eigenvalue weighted by Crippen LogP contribution is 2.14. The summed E-state index contributed by atoms with van der Waals surface area (Å²) in [5.41, 5.74) is 0. The van der Waals surface area contributed by atoms with Gasteiger partial charge in [-0.1, -0.05) is 41.5 Å². The minimum absolute atomic E-state index is 0.945. The Kier molecular flexibility index (Phi) is 15.2. The Hall–Kier alpha value is -0.0400. The van der Waals surface area contributed by atoms with Gasteiger partial charge in [0.15, 0.2) is 0 Å². The highest BCUT2D eigenvalue weighted by molar-refractivity contribution is 4.68. The van der Waals surface area contributed by atoms with E-state index in [0.29, 0.717) is 0 Å². The number of hydrogen-bond acceptors (Lipinski definition) is 1. The van der Waals surface area contributed by atoms with Gasteiger partial charge in [0.2, 0.25) is 0 Å². The zero-order chi connectivity index (χ0) is 11.4. The minimum Gasteiger partial charge on any atom is -0.303 e. The lowest BCUT2D eigenvalue weighted by Crippen LogP contribution is -2.34. The van der Waals surface area contributed by atoms with Gasteiger partial charge in [0.25, 0.3) is 0 Å². The highest BCUT2D eigenvalue weighted by atomic mass is 15.1. The van der Waals surface area contributed by atoms with Gasteiger partial charge in [0.05, 0.1) is 0 Å². The lowest BCUT2D eigenvalue weighted by atomic mass is 10.0. The van der Waals surface area contributed by atoms with Crippen molar-refractivity contribution in [2.75, 3.05) is 19.6 Å². The molecule has 0 aromatic heterocycles. The van der Waals surface area contributed by atoms with Crippen molar-refractivity contribution in [3.63, 3.8) is 0 Å². The van der Waals surface area contributed by atoms with Crippen molar-refractivity contribution < 1.29 is 0 Å². The molecule has 0 amide bonds. The largest absolute Gasteiger partial charge is 0.303 e. The molecule has 0 saturated carbocycles. The molecule has 1 nitrogen and oxygen atoms in total. The number of nitrogens with zero attached hydrogens (tertiary/aromatic N) is 1. The number of likely N-dealkylation sites (tertiary alicyclic amines) is 1. The van der Waals surface area contributed by atoms with Gasteiger partial charge in [-0.3, -0.25) is 0 Å². The average Bonchev–Trinajstić information content (AvgIpc) is 2.24. The van der Waals surface area contributed by atoms with Crippen LogP contribution in [0.1, 0.15) is 60.8 Å². The van der Waals surface area contributed by atoms with E-state index in [-0.39, 0.29) is 0 Å². The lowest BCUT2D eigenvalue weighted by Gasteiger charge is -2.30. The summed E-state index contributed by atoms with van der Waals surface area (Å²) in [5.74, 6) is 0.945. The Bertz CT molecular complexity index is 89.2. The molecule has 1 unspecified atom stereocenters. The van der Waals surface area contributed by atoms with Crippen molar-refractivity contribution in [1.29, 1.82) is 0 Å². The van der Waals surface area contributed by atoms with Gasteiger partial charge in [-0.05, 0) is 38.3 Å². The molecule has 1 saturated heterocycles. The first-order valence-corrected chi connectivity index (χ1v) is 6.55. The Morgan fingerprint density at radius 3 is 2.14 bits per heavy atom. The normalized spacial score (nSPS) is 21.4. The molecule has 0 bridgehead atoms. The summed E-state index contributed by atoms with van der Waals surface area (Å²) in [6.07, 6.45) is 4.17. The van der Waals surface area contributed by atoms with Crippen molar-refractivity contribution in [1.82, 2.24) is 4.90 Å². The van der Waals surface area contributed by atoms with Crippen LogP contribution in [0.15, 0.2) is 0 Å². The van der Waals surface area contributed by atoms with E-state index in [1.54, 1.807) is 0 Å². The fourth-order valence-corrected chi connectivity index (χ4v) is 1.81. The van der Waals surface area contributed by atoms with Crippen LogP contribution in [0, 0.1) is 5.92 Å². The van der Waals surface area contributed by atoms with Crippen LogP contribution in [-0.4, -0.2) is 24.5 Å². The fourth-order valence-electron chi connectivity index (χ4n) is 1.81. The third kappa shape index (κ3) is 8.55. The third-order valence-electron chi connectivity index (χ3n) is 2.28. The molecule has 0 spiro atoms. The summed E-state index contributed by atoms with van der Waals surface area (Å²) in [6, 6.07) is 0. The Balaban J connectivity index is 0. The Morgan fingerprint density at radius 2 is 1.71 bits per heavy atom. The maximum atomic E-state index is 2.59. The molecular formula is C13H31N. The molecule has 0 aromatic rings. The van der Waals surface area contributed by atoms with Crippen molar-refractivity contribution in [3.05, 3.63) is 0 Å². The smallest absolute Gasteiger partial charge is 0.000702 e. The molecule has 1 heteroatoms. The lowest BCUT2D eigenvalue weighted by molar-refractivity contribution is 0.184. The first-order chi connectivity index (χ1) is 6.83. The summed E-state index contributed by atoms with van der Waals surface area (Å²) in [5, 5.41) is 0. The predicted octanol–water partition coefficient (Wildman–Crippen LogP) is 4.18. The van der Waals surface area contributed by atoms with Crippen LogP contribution in [0.25, 0.3) is 0 Å². The molecule has 1 aliphatic heterocycles. The number of hydrogen-bond donors (Lipinski definition) is 0. The van der Waals surface area contributed by atoms with Crippen LogP contribution in [0.2, 0.25) is 0 Å². The monoisotopic (exact) mass is 201 g/mol. The minimum atomic E-state index is 0.945. The van der Waals surface area contributed by atoms with E-state index in [1.807, 2.05) is 27.7 Å². The van der Waals surface area contributed by atoms with Crippen LogP contribution < -0.4 is 0 Å². The fraction of sp³-hybridized carbons (Fsp3) is 1.00. The van der Waals surface area contributed by atoms with Crippen molar-refractivity contribution in [2.45, 2.75) is 60.8 Å². The number of piperidine rings is 1. The molecule has 1 fully saturated rings. The van der Waals surface area contributed by atoms with Gasteiger partial charge in [-0.2, -0.15) is 0 Å². The van der Waals surface area contributed by atoms with E-state index >= 15 is 0 Å². The molecule has 0 aliphatic carbocycles. The van der Waals surface area contributed by atoms with Crippen LogP contribution in [-0.2, 0) is 0 Å². The Morgan fingerprint density at radius 1 is 1.14 bits per heavy atom. The van der Waals surface area contributed by atoms with Gasteiger partial charge in [-0.25, -0.2) is 0 Å². The van der Waals surface area contributed by atoms with E-state index in [9.17, 15) is 0 Å². The maximum absolute atomic E-state index is 2.59. The molecular weight excluding hydrogens is 170 g/mol. The van der Waals surface area contributed by atoms with E-state index in [2.05, 4.69) is 18.7 Å². The predicted molar refractivity (Wildman–Crippen MR) is 67.8 cm³/mol. The second-order valence-corrected chi connectivity index (χ2v) is 3.55. The maximum Gasteiger partial charge on any atom is 0.000702 e. The first-order valence-electron chi connectivity index (χ1n) is 6.55. The van der Waals surface area contributed by atoms with Crippen LogP contribution in [0.4, 0.5) is 0 Å². The van der Waals surface area contributed by atoms with E-state index in [0.717, 1.165) is 5.92 Å². The molecule has 1 aliphatic rings. The van der Waals surface area contributed by atoms with Crippen LogP contribution in [0.3, 0.4) is 0 Å². The molecule has 14 heavy (non-hydrogen) atoms. The number of rotatable bonds is 2. The first kappa shape index (κ1) is 16.4. The van der Waals surface area contributed by atoms with Crippen molar-refractivity contribution in [2.24, 2.45) is 5.92 Å². The molecule has 0 N–H and O–H groups in total. The highest BCUT2D eigenvalue weighted by Gasteiger charge is 2.14. The summed E-state index contributed by atoms with van der Waals surface area (Å²) >= 11 is 0. The quantitative estimate of drug-likeness (QED) is 0.648. The van der Waals surface area contributed by atoms with Gasteiger partial charge in [-0.15, -0.1) is 0 Å². The zero-order valence-corrected chi connectivity index (χ0v) is 11.3. The van der Waals surface area contributed by atoms with Gasteiger partial charge in [0, 0.05) is 6.54 Å². The van der Waals surface area contributed by atoms with E-state index in [4.69, 9.17) is 0 Å². The van der Waals surface area contributed by atoms with Gasteiger partial charge < -0.3 is 4.90 Å². The SMILES string of the molecule is CC.CC.CCCN1CCCC(C)C1. The van der Waals surface area contributed by atoms with E-state index in [1.165, 1.54) is 38.9 Å². The van der Waals surface area contributed by atoms with E-state index < -0.39 is 0 Å². The summed E-state index contributed by atoms with van der Waals surface area (Å²) in [4.78, 5) is 2.59. The molecule has 1 atom stereocenters. The standard InChI is InChI=1S/C9H19N.2C2H6/c1-3-6-10-7-4-5-9(2)8-10;2*1-2/h9H,3-8H2,1-2H3;2*1-2H3. The zero-order valence-electron chi connectivity index (χ0n) is 11.3. The van der Waals surface area contributed by atoms with Crippen molar-refractivity contribution >= 4 is 0 Å². The van der Waals surface area contributed by atoms with Gasteiger partial charge in [0.1, 0.15) is 0 Å². The van der Waals surface area contributed by atoms with Gasteiger partial charge >= 0.3 is 0 Å². The second kappa shape index (κ2) is 13.0. The molecule has 0 aromatic carbocycles. The summed E-state index contributed by atoms with van der Waals surface area (Å²) in [7, 11) is 0. The molecule has 0 radical (unpaired) electrons. The molecule has 1 heterocycles. The average molecular weight is 201 g/mol.